The summed E-state index contributed by atoms with van der Waals surface area (Å²) in [5, 5.41) is 3.63. The molecule has 88 valence electrons. The summed E-state index contributed by atoms with van der Waals surface area (Å²) in [6.07, 6.45) is 10.3. The van der Waals surface area contributed by atoms with Crippen LogP contribution in [0.1, 0.15) is 52.4 Å². The molecule has 15 heavy (non-hydrogen) atoms. The number of nitrogens with one attached hydrogen (secondary N) is 1. The second-order valence-corrected chi connectivity index (χ2v) is 4.89. The molecule has 0 aliphatic heterocycles. The Morgan fingerprint density at radius 2 is 2.20 bits per heavy atom. The maximum atomic E-state index is 3.88. The van der Waals surface area contributed by atoms with Crippen LogP contribution in [0.15, 0.2) is 12.7 Å². The zero-order chi connectivity index (χ0) is 11.1. The van der Waals surface area contributed by atoms with E-state index in [-0.39, 0.29) is 0 Å². The first-order chi connectivity index (χ1) is 7.31. The van der Waals surface area contributed by atoms with Crippen molar-refractivity contribution in [1.82, 2.24) is 5.32 Å². The van der Waals surface area contributed by atoms with Gasteiger partial charge in [-0.15, -0.1) is 6.58 Å². The molecule has 0 amide bonds. The summed E-state index contributed by atoms with van der Waals surface area (Å²) in [5.74, 6) is 1.87. The molecule has 1 fully saturated rings. The first-order valence-corrected chi connectivity index (χ1v) is 6.66. The van der Waals surface area contributed by atoms with E-state index in [1.807, 2.05) is 0 Å². The summed E-state index contributed by atoms with van der Waals surface area (Å²) in [4.78, 5) is 0. The van der Waals surface area contributed by atoms with E-state index in [4.69, 9.17) is 0 Å². The van der Waals surface area contributed by atoms with Crippen LogP contribution < -0.4 is 5.32 Å². The standard InChI is InChI=1S/C14H27N/c1-4-8-14(15-6-3)13-10-7-9-12(5-2)11-13/h4,12-15H,1,5-11H2,2-3H3. The molecule has 0 saturated heterocycles. The minimum absolute atomic E-state index is 0.682. The number of hydrogen-bond donors (Lipinski definition) is 1. The van der Waals surface area contributed by atoms with Gasteiger partial charge in [0.15, 0.2) is 0 Å². The van der Waals surface area contributed by atoms with Gasteiger partial charge in [0.1, 0.15) is 0 Å². The van der Waals surface area contributed by atoms with E-state index in [2.05, 4.69) is 31.8 Å². The van der Waals surface area contributed by atoms with Crippen LogP contribution >= 0.6 is 0 Å². The van der Waals surface area contributed by atoms with Gasteiger partial charge >= 0.3 is 0 Å². The van der Waals surface area contributed by atoms with Crippen molar-refractivity contribution in [1.29, 1.82) is 0 Å². The first kappa shape index (κ1) is 12.8. The van der Waals surface area contributed by atoms with Gasteiger partial charge in [0.2, 0.25) is 0 Å². The quantitative estimate of drug-likeness (QED) is 0.657. The molecule has 1 nitrogen and oxygen atoms in total. The fourth-order valence-corrected chi connectivity index (χ4v) is 2.95. The van der Waals surface area contributed by atoms with E-state index in [9.17, 15) is 0 Å². The highest BCUT2D eigenvalue weighted by molar-refractivity contribution is 4.86. The third-order valence-corrected chi connectivity index (χ3v) is 3.86. The zero-order valence-electron chi connectivity index (χ0n) is 10.5. The molecule has 1 aliphatic rings. The van der Waals surface area contributed by atoms with E-state index >= 15 is 0 Å². The summed E-state index contributed by atoms with van der Waals surface area (Å²) in [7, 11) is 0. The zero-order valence-corrected chi connectivity index (χ0v) is 10.5. The van der Waals surface area contributed by atoms with Crippen LogP contribution in [0.5, 0.6) is 0 Å². The van der Waals surface area contributed by atoms with Crippen LogP contribution in [0.3, 0.4) is 0 Å². The van der Waals surface area contributed by atoms with Gasteiger partial charge in [0, 0.05) is 6.04 Å². The lowest BCUT2D eigenvalue weighted by atomic mass is 9.76. The Morgan fingerprint density at radius 3 is 2.80 bits per heavy atom. The van der Waals surface area contributed by atoms with Gasteiger partial charge in [0.25, 0.3) is 0 Å². The lowest BCUT2D eigenvalue weighted by molar-refractivity contribution is 0.210. The van der Waals surface area contributed by atoms with Gasteiger partial charge in [0.05, 0.1) is 0 Å². The highest BCUT2D eigenvalue weighted by Crippen LogP contribution is 2.33. The number of hydrogen-bond acceptors (Lipinski definition) is 1. The highest BCUT2D eigenvalue weighted by atomic mass is 14.9. The summed E-state index contributed by atoms with van der Waals surface area (Å²) >= 11 is 0. The van der Waals surface area contributed by atoms with E-state index in [0.717, 1.165) is 24.8 Å². The summed E-state index contributed by atoms with van der Waals surface area (Å²) < 4.78 is 0. The minimum atomic E-state index is 0.682. The van der Waals surface area contributed by atoms with Crippen LogP contribution in [0.25, 0.3) is 0 Å². The maximum Gasteiger partial charge on any atom is 0.0130 e. The molecule has 0 spiro atoms. The third-order valence-electron chi connectivity index (χ3n) is 3.86. The molecule has 1 rings (SSSR count). The maximum absolute atomic E-state index is 3.88. The SMILES string of the molecule is C=CCC(NCC)C1CCCC(CC)C1. The average Bonchev–Trinajstić information content (AvgIpc) is 2.29. The molecular weight excluding hydrogens is 182 g/mol. The number of rotatable bonds is 6. The molecule has 3 atom stereocenters. The summed E-state index contributed by atoms with van der Waals surface area (Å²) in [6, 6.07) is 0.682. The largest absolute Gasteiger partial charge is 0.314 e. The Labute approximate surface area is 95.3 Å². The molecule has 1 saturated carbocycles. The normalized spacial score (nSPS) is 28.7. The van der Waals surface area contributed by atoms with Crippen LogP contribution in [0.2, 0.25) is 0 Å². The van der Waals surface area contributed by atoms with Crippen molar-refractivity contribution in [3.63, 3.8) is 0 Å². The molecule has 1 N–H and O–H groups in total. The smallest absolute Gasteiger partial charge is 0.0130 e. The van der Waals surface area contributed by atoms with Gasteiger partial charge in [-0.25, -0.2) is 0 Å². The lowest BCUT2D eigenvalue weighted by Gasteiger charge is -2.34. The van der Waals surface area contributed by atoms with Crippen molar-refractivity contribution < 1.29 is 0 Å². The predicted octanol–water partition coefficient (Wildman–Crippen LogP) is 3.76. The average molecular weight is 209 g/mol. The molecule has 0 bridgehead atoms. The highest BCUT2D eigenvalue weighted by Gasteiger charge is 2.26. The van der Waals surface area contributed by atoms with Crippen molar-refractivity contribution in [2.45, 2.75) is 58.4 Å². The molecule has 1 aliphatic carbocycles. The fraction of sp³-hybridized carbons (Fsp3) is 0.857. The van der Waals surface area contributed by atoms with Crippen molar-refractivity contribution in [2.24, 2.45) is 11.8 Å². The molecule has 3 unspecified atom stereocenters. The first-order valence-electron chi connectivity index (χ1n) is 6.66. The van der Waals surface area contributed by atoms with Crippen LogP contribution in [0, 0.1) is 11.8 Å². The fourth-order valence-electron chi connectivity index (χ4n) is 2.95. The Morgan fingerprint density at radius 1 is 1.40 bits per heavy atom. The van der Waals surface area contributed by atoms with Gasteiger partial charge in [-0.1, -0.05) is 39.2 Å². The minimum Gasteiger partial charge on any atom is -0.314 e. The van der Waals surface area contributed by atoms with E-state index < -0.39 is 0 Å². The molecule has 0 aromatic carbocycles. The van der Waals surface area contributed by atoms with E-state index in [1.165, 1.54) is 32.1 Å². The Hall–Kier alpha value is -0.300. The van der Waals surface area contributed by atoms with Crippen LogP contribution in [0.4, 0.5) is 0 Å². The molecule has 0 radical (unpaired) electrons. The molecular formula is C14H27N. The van der Waals surface area contributed by atoms with Gasteiger partial charge < -0.3 is 5.32 Å². The summed E-state index contributed by atoms with van der Waals surface area (Å²) in [6.45, 7) is 9.51. The Bertz CT molecular complexity index is 176. The van der Waals surface area contributed by atoms with Crippen LogP contribution in [-0.4, -0.2) is 12.6 Å². The predicted molar refractivity (Wildman–Crippen MR) is 68.0 cm³/mol. The van der Waals surface area contributed by atoms with Gasteiger partial charge in [-0.3, -0.25) is 0 Å². The third kappa shape index (κ3) is 3.98. The second-order valence-electron chi connectivity index (χ2n) is 4.89. The molecule has 0 aromatic rings. The second kappa shape index (κ2) is 7.05. The van der Waals surface area contributed by atoms with Crippen molar-refractivity contribution >= 4 is 0 Å². The lowest BCUT2D eigenvalue weighted by Crippen LogP contribution is -2.38. The Balaban J connectivity index is 2.46. The van der Waals surface area contributed by atoms with Gasteiger partial charge in [-0.05, 0) is 37.6 Å². The van der Waals surface area contributed by atoms with Crippen molar-refractivity contribution in [3.8, 4) is 0 Å². The van der Waals surface area contributed by atoms with Crippen LogP contribution in [-0.2, 0) is 0 Å². The Kier molecular flexibility index (Phi) is 6.00. The molecule has 0 heterocycles. The summed E-state index contributed by atoms with van der Waals surface area (Å²) in [5.41, 5.74) is 0. The monoisotopic (exact) mass is 209 g/mol. The van der Waals surface area contributed by atoms with E-state index in [0.29, 0.717) is 6.04 Å². The van der Waals surface area contributed by atoms with E-state index in [1.54, 1.807) is 0 Å². The van der Waals surface area contributed by atoms with Crippen molar-refractivity contribution in [3.05, 3.63) is 12.7 Å². The van der Waals surface area contributed by atoms with Crippen molar-refractivity contribution in [2.75, 3.05) is 6.54 Å². The topological polar surface area (TPSA) is 12.0 Å². The van der Waals surface area contributed by atoms with Gasteiger partial charge in [-0.2, -0.15) is 0 Å². The molecule has 0 aromatic heterocycles. The molecule has 1 heteroatoms.